The molecule has 6 heteroatoms. The molecule has 2 heterocycles. The van der Waals surface area contributed by atoms with Gasteiger partial charge in [0, 0.05) is 25.2 Å². The van der Waals surface area contributed by atoms with Crippen molar-refractivity contribution in [2.75, 3.05) is 13.1 Å². The van der Waals surface area contributed by atoms with Gasteiger partial charge in [-0.25, -0.2) is 0 Å². The van der Waals surface area contributed by atoms with Crippen molar-refractivity contribution < 1.29 is 4.79 Å². The Kier molecular flexibility index (Phi) is 3.66. The third-order valence-corrected chi connectivity index (χ3v) is 3.49. The fourth-order valence-corrected chi connectivity index (χ4v) is 2.49. The molecule has 0 saturated carbocycles. The van der Waals surface area contributed by atoms with Crippen LogP contribution in [-0.2, 0) is 0 Å². The predicted octanol–water partition coefficient (Wildman–Crippen LogP) is 2.14. The number of carbonyl (C=O) groups is 1. The lowest BCUT2D eigenvalue weighted by molar-refractivity contribution is 0.0668. The zero-order valence-electron chi connectivity index (χ0n) is 9.76. The number of H-pyrrole nitrogens is 1. The Morgan fingerprint density at radius 3 is 2.41 bits per heavy atom. The molecule has 94 valence electrons. The Balaban J connectivity index is 2.14. The first kappa shape index (κ1) is 12.7. The van der Waals surface area contributed by atoms with Gasteiger partial charge in [0.2, 0.25) is 0 Å². The normalized spacial score (nSPS) is 25.1. The molecule has 17 heavy (non-hydrogen) atoms. The van der Waals surface area contributed by atoms with Gasteiger partial charge < -0.3 is 15.2 Å². The van der Waals surface area contributed by atoms with Crippen LogP contribution in [-0.4, -0.2) is 41.0 Å². The zero-order chi connectivity index (χ0) is 12.6. The van der Waals surface area contributed by atoms with Crippen LogP contribution in [0.1, 0.15) is 24.3 Å². The predicted molar refractivity (Wildman–Crippen MR) is 68.8 cm³/mol. The van der Waals surface area contributed by atoms with Gasteiger partial charge in [-0.1, -0.05) is 23.2 Å². The zero-order valence-corrected chi connectivity index (χ0v) is 11.3. The summed E-state index contributed by atoms with van der Waals surface area (Å²) in [7, 11) is 0. The number of piperazine rings is 1. The van der Waals surface area contributed by atoms with Gasteiger partial charge in [0.05, 0.1) is 5.02 Å². The summed E-state index contributed by atoms with van der Waals surface area (Å²) in [5.74, 6) is -0.0565. The highest BCUT2D eigenvalue weighted by Gasteiger charge is 2.26. The van der Waals surface area contributed by atoms with E-state index in [1.807, 2.05) is 4.90 Å². The van der Waals surface area contributed by atoms with Crippen molar-refractivity contribution in [1.29, 1.82) is 0 Å². The monoisotopic (exact) mass is 275 g/mol. The standard InChI is InChI=1S/C11H15Cl2N3O/c1-6-4-16(5-7(2)14-6)11(17)9-3-8(12)10(13)15-9/h3,6-7,14-15H,4-5H2,1-2H3/t6-,7-/m1/s1. The van der Waals surface area contributed by atoms with Gasteiger partial charge in [-0.05, 0) is 19.9 Å². The summed E-state index contributed by atoms with van der Waals surface area (Å²) in [6.07, 6.45) is 0. The van der Waals surface area contributed by atoms with E-state index < -0.39 is 0 Å². The molecule has 1 aliphatic rings. The molecule has 1 aliphatic heterocycles. The average Bonchev–Trinajstić information content (AvgIpc) is 2.57. The van der Waals surface area contributed by atoms with Crippen LogP contribution < -0.4 is 5.32 Å². The summed E-state index contributed by atoms with van der Waals surface area (Å²) in [6.45, 7) is 5.50. The number of nitrogens with one attached hydrogen (secondary N) is 2. The van der Waals surface area contributed by atoms with Gasteiger partial charge in [0.1, 0.15) is 10.8 Å². The lowest BCUT2D eigenvalue weighted by atomic mass is 10.1. The van der Waals surface area contributed by atoms with Crippen LogP contribution in [0.3, 0.4) is 0 Å². The molecule has 1 aromatic rings. The van der Waals surface area contributed by atoms with Crippen molar-refractivity contribution in [3.63, 3.8) is 0 Å². The second-order valence-electron chi connectivity index (χ2n) is 4.52. The first-order chi connectivity index (χ1) is 7.97. The molecule has 2 N–H and O–H groups in total. The largest absolute Gasteiger partial charge is 0.340 e. The van der Waals surface area contributed by atoms with Crippen molar-refractivity contribution in [2.24, 2.45) is 0 Å². The van der Waals surface area contributed by atoms with E-state index in [0.717, 1.165) is 0 Å². The molecule has 0 spiro atoms. The van der Waals surface area contributed by atoms with Crippen LogP contribution >= 0.6 is 23.2 Å². The van der Waals surface area contributed by atoms with Gasteiger partial charge >= 0.3 is 0 Å². The third-order valence-electron chi connectivity index (χ3n) is 2.80. The smallest absolute Gasteiger partial charge is 0.270 e. The number of aromatic nitrogens is 1. The third kappa shape index (κ3) is 2.76. The minimum atomic E-state index is -0.0565. The van der Waals surface area contributed by atoms with Crippen molar-refractivity contribution in [3.8, 4) is 0 Å². The lowest BCUT2D eigenvalue weighted by Crippen LogP contribution is -2.55. The number of hydrogen-bond acceptors (Lipinski definition) is 2. The first-order valence-corrected chi connectivity index (χ1v) is 6.32. The van der Waals surface area contributed by atoms with Crippen LogP contribution in [0.4, 0.5) is 0 Å². The second-order valence-corrected chi connectivity index (χ2v) is 5.31. The molecule has 2 atom stereocenters. The Morgan fingerprint density at radius 1 is 1.35 bits per heavy atom. The maximum Gasteiger partial charge on any atom is 0.270 e. The maximum atomic E-state index is 12.2. The van der Waals surface area contributed by atoms with E-state index in [0.29, 0.717) is 41.0 Å². The maximum absolute atomic E-state index is 12.2. The number of nitrogens with zero attached hydrogens (tertiary/aromatic N) is 1. The number of amides is 1. The van der Waals surface area contributed by atoms with E-state index in [1.165, 1.54) is 0 Å². The molecule has 2 rings (SSSR count). The molecule has 1 aromatic heterocycles. The summed E-state index contributed by atoms with van der Waals surface area (Å²) in [5, 5.41) is 4.07. The summed E-state index contributed by atoms with van der Waals surface area (Å²) < 4.78 is 0. The van der Waals surface area contributed by atoms with Crippen LogP contribution in [0.25, 0.3) is 0 Å². The molecule has 1 amide bonds. The van der Waals surface area contributed by atoms with E-state index >= 15 is 0 Å². The van der Waals surface area contributed by atoms with E-state index in [2.05, 4.69) is 24.1 Å². The Labute approximate surface area is 110 Å². The molecule has 1 saturated heterocycles. The van der Waals surface area contributed by atoms with Gasteiger partial charge in [0.25, 0.3) is 5.91 Å². The number of rotatable bonds is 1. The van der Waals surface area contributed by atoms with Gasteiger partial charge in [-0.15, -0.1) is 0 Å². The molecule has 0 bridgehead atoms. The Bertz CT molecular complexity index is 403. The van der Waals surface area contributed by atoms with Crippen LogP contribution in [0.15, 0.2) is 6.07 Å². The lowest BCUT2D eigenvalue weighted by Gasteiger charge is -2.35. The molecular formula is C11H15Cl2N3O. The average molecular weight is 276 g/mol. The number of halogens is 2. The summed E-state index contributed by atoms with van der Waals surface area (Å²) in [5.41, 5.74) is 0.446. The quantitative estimate of drug-likeness (QED) is 0.825. The van der Waals surface area contributed by atoms with E-state index in [9.17, 15) is 4.79 Å². The highest BCUT2D eigenvalue weighted by molar-refractivity contribution is 6.41. The SMILES string of the molecule is C[C@@H]1CN(C(=O)c2cc(Cl)c(Cl)[nH]2)C[C@@H](C)N1. The summed E-state index contributed by atoms with van der Waals surface area (Å²) in [4.78, 5) is 16.8. The van der Waals surface area contributed by atoms with Crippen LogP contribution in [0.2, 0.25) is 10.2 Å². The Hall–Kier alpha value is -0.710. The molecule has 0 aliphatic carbocycles. The van der Waals surface area contributed by atoms with Crippen LogP contribution in [0.5, 0.6) is 0 Å². The minimum Gasteiger partial charge on any atom is -0.340 e. The van der Waals surface area contributed by atoms with Crippen molar-refractivity contribution in [1.82, 2.24) is 15.2 Å². The molecule has 4 nitrogen and oxygen atoms in total. The van der Waals surface area contributed by atoms with Gasteiger partial charge in [0.15, 0.2) is 0 Å². The van der Waals surface area contributed by atoms with Crippen molar-refractivity contribution >= 4 is 29.1 Å². The highest BCUT2D eigenvalue weighted by atomic mass is 35.5. The molecule has 0 aromatic carbocycles. The Morgan fingerprint density at radius 2 is 1.94 bits per heavy atom. The number of carbonyl (C=O) groups excluding carboxylic acids is 1. The van der Waals surface area contributed by atoms with E-state index in [1.54, 1.807) is 6.07 Å². The molecule has 1 fully saturated rings. The number of hydrogen-bond donors (Lipinski definition) is 2. The first-order valence-electron chi connectivity index (χ1n) is 5.56. The van der Waals surface area contributed by atoms with E-state index in [4.69, 9.17) is 23.2 Å². The fraction of sp³-hybridized carbons (Fsp3) is 0.545. The topological polar surface area (TPSA) is 48.1 Å². The van der Waals surface area contributed by atoms with Crippen molar-refractivity contribution in [2.45, 2.75) is 25.9 Å². The molecular weight excluding hydrogens is 261 g/mol. The number of aromatic amines is 1. The van der Waals surface area contributed by atoms with Crippen molar-refractivity contribution in [3.05, 3.63) is 21.9 Å². The van der Waals surface area contributed by atoms with Gasteiger partial charge in [-0.3, -0.25) is 4.79 Å². The fourth-order valence-electron chi connectivity index (χ4n) is 2.18. The highest BCUT2D eigenvalue weighted by Crippen LogP contribution is 2.23. The summed E-state index contributed by atoms with van der Waals surface area (Å²) in [6, 6.07) is 2.16. The van der Waals surface area contributed by atoms with Crippen LogP contribution in [0, 0.1) is 0 Å². The molecule has 0 unspecified atom stereocenters. The minimum absolute atomic E-state index is 0.0565. The van der Waals surface area contributed by atoms with Gasteiger partial charge in [-0.2, -0.15) is 0 Å². The molecule has 0 radical (unpaired) electrons. The second kappa shape index (κ2) is 4.88. The van der Waals surface area contributed by atoms with E-state index in [-0.39, 0.29) is 5.91 Å². The summed E-state index contributed by atoms with van der Waals surface area (Å²) >= 11 is 11.6.